The lowest BCUT2D eigenvalue weighted by Gasteiger charge is -2.10. The van der Waals surface area contributed by atoms with Crippen LogP contribution in [0.5, 0.6) is 0 Å². The molecule has 0 nitrogen and oxygen atoms in total. The lowest BCUT2D eigenvalue weighted by Crippen LogP contribution is -2.00. The largest absolute Gasteiger partial charge is 0.111 e. The number of halogens is 6. The summed E-state index contributed by atoms with van der Waals surface area (Å²) in [5.41, 5.74) is 1.62. The van der Waals surface area contributed by atoms with Gasteiger partial charge in [0.25, 0.3) is 0 Å². The fraction of sp³-hybridized carbons (Fsp3) is 0.400. The number of alkyl halides is 4. The van der Waals surface area contributed by atoms with E-state index in [0.29, 0.717) is 22.9 Å². The average molecular weight is 341 g/mol. The molecule has 0 amide bonds. The Morgan fingerprint density at radius 1 is 0.750 bits per heavy atom. The summed E-state index contributed by atoms with van der Waals surface area (Å²) in [6, 6.07) is 3.49. The maximum Gasteiger partial charge on any atom is 0.111 e. The van der Waals surface area contributed by atoms with Crippen molar-refractivity contribution in [3.63, 3.8) is 0 Å². The quantitative estimate of drug-likeness (QED) is 0.618. The molecule has 0 atom stereocenters. The molecule has 0 aliphatic rings. The second kappa shape index (κ2) is 6.78. The molecule has 6 heteroatoms. The van der Waals surface area contributed by atoms with Crippen molar-refractivity contribution >= 4 is 69.6 Å². The summed E-state index contributed by atoms with van der Waals surface area (Å²) < 4.78 is 0. The second-order valence-corrected chi connectivity index (χ2v) is 6.59. The van der Waals surface area contributed by atoms with Crippen molar-refractivity contribution in [1.82, 2.24) is 0 Å². The van der Waals surface area contributed by atoms with Crippen LogP contribution in [0.3, 0.4) is 0 Å². The lowest BCUT2D eigenvalue weighted by atomic mass is 10.1. The van der Waals surface area contributed by atoms with Gasteiger partial charge in [0, 0.05) is 22.9 Å². The van der Waals surface area contributed by atoms with E-state index < -0.39 is 9.67 Å². The Kier molecular flexibility index (Phi) is 6.36. The van der Waals surface area contributed by atoms with E-state index in [4.69, 9.17) is 69.6 Å². The molecule has 0 saturated heterocycles. The van der Waals surface area contributed by atoms with Gasteiger partial charge in [-0.25, -0.2) is 0 Å². The predicted molar refractivity (Wildman–Crippen MR) is 74.9 cm³/mol. The SMILES string of the molecule is Clc1cc(CC(Cl)Cl)c(Cl)cc1CC(Cl)Cl. The summed E-state index contributed by atoms with van der Waals surface area (Å²) in [4.78, 5) is -1.01. The van der Waals surface area contributed by atoms with Crippen LogP contribution >= 0.6 is 69.6 Å². The van der Waals surface area contributed by atoms with Crippen molar-refractivity contribution < 1.29 is 0 Å². The Balaban J connectivity index is 2.97. The van der Waals surface area contributed by atoms with Crippen LogP contribution in [0.15, 0.2) is 12.1 Å². The molecule has 0 N–H and O–H groups in total. The first kappa shape index (κ1) is 15.0. The third kappa shape index (κ3) is 4.68. The summed E-state index contributed by atoms with van der Waals surface area (Å²) in [5, 5.41) is 1.14. The van der Waals surface area contributed by atoms with Crippen LogP contribution in [0.1, 0.15) is 11.1 Å². The molecule has 0 aromatic heterocycles. The van der Waals surface area contributed by atoms with Crippen LogP contribution in [0.2, 0.25) is 10.0 Å². The molecule has 0 unspecified atom stereocenters. The van der Waals surface area contributed by atoms with Crippen LogP contribution < -0.4 is 0 Å². The van der Waals surface area contributed by atoms with Crippen LogP contribution in [0.25, 0.3) is 0 Å². The molecule has 1 rings (SSSR count). The molecule has 16 heavy (non-hydrogen) atoms. The van der Waals surface area contributed by atoms with Gasteiger partial charge in [0.05, 0.1) is 0 Å². The van der Waals surface area contributed by atoms with Crippen LogP contribution in [-0.2, 0) is 12.8 Å². The number of hydrogen-bond acceptors (Lipinski definition) is 0. The van der Waals surface area contributed by atoms with Gasteiger partial charge in [-0.3, -0.25) is 0 Å². The molecule has 90 valence electrons. The summed E-state index contributed by atoms with van der Waals surface area (Å²) in [5.74, 6) is 0. The zero-order chi connectivity index (χ0) is 12.3. The normalized spacial score (nSPS) is 11.5. The van der Waals surface area contributed by atoms with Crippen LogP contribution in [0.4, 0.5) is 0 Å². The third-order valence-electron chi connectivity index (χ3n) is 1.96. The van der Waals surface area contributed by atoms with Gasteiger partial charge in [-0.2, -0.15) is 0 Å². The Bertz CT molecular complexity index is 325. The van der Waals surface area contributed by atoms with E-state index in [9.17, 15) is 0 Å². The molecular weight excluding hydrogens is 333 g/mol. The summed E-state index contributed by atoms with van der Waals surface area (Å²) in [7, 11) is 0. The molecule has 0 radical (unpaired) electrons. The van der Waals surface area contributed by atoms with E-state index in [2.05, 4.69) is 0 Å². The highest BCUT2D eigenvalue weighted by Crippen LogP contribution is 2.29. The Morgan fingerprint density at radius 3 is 1.31 bits per heavy atom. The minimum atomic E-state index is -0.506. The highest BCUT2D eigenvalue weighted by atomic mass is 35.5. The Morgan fingerprint density at radius 2 is 1.06 bits per heavy atom. The topological polar surface area (TPSA) is 0 Å². The number of benzene rings is 1. The van der Waals surface area contributed by atoms with Crippen molar-refractivity contribution in [3.05, 3.63) is 33.3 Å². The first-order chi connectivity index (χ1) is 7.40. The van der Waals surface area contributed by atoms with Gasteiger partial charge < -0.3 is 0 Å². The zero-order valence-corrected chi connectivity index (χ0v) is 12.5. The molecule has 0 aliphatic carbocycles. The molecule has 0 saturated carbocycles. The first-order valence-electron chi connectivity index (χ1n) is 4.43. The van der Waals surface area contributed by atoms with E-state index in [1.807, 2.05) is 0 Å². The first-order valence-corrected chi connectivity index (χ1v) is 6.93. The Hall–Kier alpha value is 0.960. The summed E-state index contributed by atoms with van der Waals surface area (Å²) in [6.07, 6.45) is 0.903. The highest BCUT2D eigenvalue weighted by molar-refractivity contribution is 6.45. The minimum Gasteiger partial charge on any atom is -0.105 e. The van der Waals surface area contributed by atoms with Crippen LogP contribution in [0, 0.1) is 0 Å². The summed E-state index contributed by atoms with van der Waals surface area (Å²) in [6.45, 7) is 0. The minimum absolute atomic E-state index is 0.452. The second-order valence-electron chi connectivity index (χ2n) is 3.23. The van der Waals surface area contributed by atoms with E-state index in [0.717, 1.165) is 11.1 Å². The molecule has 1 aromatic rings. The van der Waals surface area contributed by atoms with Gasteiger partial charge in [-0.1, -0.05) is 23.2 Å². The van der Waals surface area contributed by atoms with Crippen molar-refractivity contribution in [2.75, 3.05) is 0 Å². The molecule has 0 spiro atoms. The zero-order valence-electron chi connectivity index (χ0n) is 7.99. The molecule has 0 bridgehead atoms. The third-order valence-corrected chi connectivity index (χ3v) is 3.28. The predicted octanol–water partition coefficient (Wildman–Crippen LogP) is 5.69. The molecular formula is C10H8Cl6. The van der Waals surface area contributed by atoms with E-state index >= 15 is 0 Å². The average Bonchev–Trinajstić information content (AvgIpc) is 2.11. The standard InChI is InChI=1S/C10H8Cl6/c11-7-1-5(3-9(13)14)8(12)2-6(7)4-10(15)16/h1-2,9-10H,3-4H2. The molecule has 0 fully saturated rings. The molecule has 0 heterocycles. The van der Waals surface area contributed by atoms with Crippen molar-refractivity contribution in [3.8, 4) is 0 Å². The van der Waals surface area contributed by atoms with Crippen LogP contribution in [-0.4, -0.2) is 9.67 Å². The fourth-order valence-electron chi connectivity index (χ4n) is 1.27. The van der Waals surface area contributed by atoms with Gasteiger partial charge in [-0.05, 0) is 23.3 Å². The van der Waals surface area contributed by atoms with E-state index in [1.165, 1.54) is 0 Å². The van der Waals surface area contributed by atoms with Gasteiger partial charge >= 0.3 is 0 Å². The van der Waals surface area contributed by atoms with Gasteiger partial charge in [-0.15, -0.1) is 46.4 Å². The fourth-order valence-corrected chi connectivity index (χ4v) is 2.47. The van der Waals surface area contributed by atoms with Gasteiger partial charge in [0.2, 0.25) is 0 Å². The van der Waals surface area contributed by atoms with Gasteiger partial charge in [0.15, 0.2) is 0 Å². The maximum atomic E-state index is 6.07. The number of hydrogen-bond donors (Lipinski definition) is 0. The Labute approximate surface area is 125 Å². The van der Waals surface area contributed by atoms with Gasteiger partial charge in [0.1, 0.15) is 9.67 Å². The van der Waals surface area contributed by atoms with Crippen molar-refractivity contribution in [1.29, 1.82) is 0 Å². The van der Waals surface area contributed by atoms with Crippen molar-refractivity contribution in [2.24, 2.45) is 0 Å². The maximum absolute atomic E-state index is 6.07. The molecule has 1 aromatic carbocycles. The highest BCUT2D eigenvalue weighted by Gasteiger charge is 2.12. The smallest absolute Gasteiger partial charge is 0.105 e. The lowest BCUT2D eigenvalue weighted by molar-refractivity contribution is 1.05. The summed E-state index contributed by atoms with van der Waals surface area (Å²) >= 11 is 34.9. The number of rotatable bonds is 4. The van der Waals surface area contributed by atoms with E-state index in [1.54, 1.807) is 12.1 Å². The van der Waals surface area contributed by atoms with E-state index in [-0.39, 0.29) is 0 Å². The van der Waals surface area contributed by atoms with Crippen molar-refractivity contribution in [2.45, 2.75) is 22.5 Å². The molecule has 0 aliphatic heterocycles. The monoisotopic (exact) mass is 338 g/mol.